The summed E-state index contributed by atoms with van der Waals surface area (Å²) >= 11 is 0. The maximum Gasteiger partial charge on any atom is 2.00 e. The molecule has 3 nitrogen and oxygen atoms in total. The van der Waals surface area contributed by atoms with E-state index in [0.717, 1.165) is 13.0 Å². The fourth-order valence-corrected chi connectivity index (χ4v) is 0.937. The summed E-state index contributed by atoms with van der Waals surface area (Å²) in [5.74, 6) is 0. The summed E-state index contributed by atoms with van der Waals surface area (Å²) in [5.41, 5.74) is 0. The van der Waals surface area contributed by atoms with Crippen LogP contribution in [0.4, 0.5) is 0 Å². The van der Waals surface area contributed by atoms with E-state index in [9.17, 15) is 0 Å². The Bertz CT molecular complexity index is 125. The molecule has 1 saturated heterocycles. The Balaban J connectivity index is 0. The van der Waals surface area contributed by atoms with Crippen molar-refractivity contribution >= 4 is 0 Å². The van der Waals surface area contributed by atoms with Crippen molar-refractivity contribution in [3.63, 3.8) is 0 Å². The zero-order chi connectivity index (χ0) is 10.1. The van der Waals surface area contributed by atoms with Crippen molar-refractivity contribution in [2.45, 2.75) is 25.0 Å². The molecule has 2 N–H and O–H groups in total. The third-order valence-corrected chi connectivity index (χ3v) is 1.63. The molecule has 1 fully saturated rings. The van der Waals surface area contributed by atoms with E-state index in [0.29, 0.717) is 6.42 Å². The normalized spacial score (nSPS) is 21.5. The zero-order valence-electron chi connectivity index (χ0n) is 8.35. The summed E-state index contributed by atoms with van der Waals surface area (Å²) in [6, 6.07) is 0. The molecule has 1 rings (SSSR count). The Labute approximate surface area is 110 Å². The molecule has 0 radical (unpaired) electrons. The first-order valence-corrected chi connectivity index (χ1v) is 4.40. The zero-order valence-corrected chi connectivity index (χ0v) is 12.5. The molecule has 1 heterocycles. The van der Waals surface area contributed by atoms with Crippen LogP contribution in [0, 0.1) is 44.5 Å². The van der Waals surface area contributed by atoms with Gasteiger partial charge < -0.3 is 21.9 Å². The van der Waals surface area contributed by atoms with Crippen molar-refractivity contribution in [2.24, 2.45) is 0 Å². The Morgan fingerprint density at radius 3 is 2.57 bits per heavy atom. The number of hydrogen-bond donors (Lipinski definition) is 2. The third-order valence-electron chi connectivity index (χ3n) is 1.63. The molecule has 0 bridgehead atoms. The van der Waals surface area contributed by atoms with Gasteiger partial charge in [-0.3, -0.25) is 6.42 Å². The van der Waals surface area contributed by atoms with Gasteiger partial charge in [-0.05, 0) is 6.10 Å². The minimum atomic E-state index is -0.396. The molecule has 0 aliphatic carbocycles. The minimum absolute atomic E-state index is 0. The first-order valence-electron chi connectivity index (χ1n) is 4.40. The molecule has 0 aromatic heterocycles. The molecule has 0 aromatic rings. The van der Waals surface area contributed by atoms with E-state index < -0.39 is 6.10 Å². The minimum Gasteiger partial charge on any atom is -0.410 e. The van der Waals surface area contributed by atoms with Crippen LogP contribution in [-0.2, 0) is 4.74 Å². The number of aliphatic hydroxyl groups is 2. The Morgan fingerprint density at radius 1 is 1.71 bits per heavy atom. The Morgan fingerprint density at radius 2 is 2.29 bits per heavy atom. The number of ether oxygens (including phenoxy) is 1. The molecular formula is C10H18O3U. The van der Waals surface area contributed by atoms with Crippen molar-refractivity contribution in [1.29, 1.82) is 0 Å². The van der Waals surface area contributed by atoms with E-state index >= 15 is 0 Å². The molecule has 14 heavy (non-hydrogen) atoms. The van der Waals surface area contributed by atoms with Crippen LogP contribution in [0.15, 0.2) is 12.7 Å². The molecule has 4 heteroatoms. The van der Waals surface area contributed by atoms with Gasteiger partial charge in [-0.2, -0.15) is 12.8 Å². The second-order valence-corrected chi connectivity index (χ2v) is 2.69. The fraction of sp³-hybridized carbons (Fsp3) is 0.600. The predicted molar refractivity (Wildman–Crippen MR) is 51.9 cm³/mol. The SMILES string of the molecule is C=CCO.[CH2-]CC(O)C1[CH-]CCO1.[U+2]. The number of aliphatic hydroxyl groups excluding tert-OH is 2. The van der Waals surface area contributed by atoms with Gasteiger partial charge >= 0.3 is 31.1 Å². The van der Waals surface area contributed by atoms with Crippen LogP contribution >= 0.6 is 0 Å². The third kappa shape index (κ3) is 8.02. The monoisotopic (exact) mass is 424 g/mol. The van der Waals surface area contributed by atoms with Gasteiger partial charge in [-0.1, -0.05) is 6.08 Å². The van der Waals surface area contributed by atoms with Gasteiger partial charge in [0.25, 0.3) is 0 Å². The maximum absolute atomic E-state index is 9.14. The summed E-state index contributed by atoms with van der Waals surface area (Å²) < 4.78 is 5.16. The summed E-state index contributed by atoms with van der Waals surface area (Å²) in [6.45, 7) is 7.64. The second kappa shape index (κ2) is 11.7. The van der Waals surface area contributed by atoms with E-state index in [1.54, 1.807) is 0 Å². The summed E-state index contributed by atoms with van der Waals surface area (Å²) in [4.78, 5) is 0. The molecule has 0 spiro atoms. The van der Waals surface area contributed by atoms with Crippen LogP contribution in [0.3, 0.4) is 0 Å². The summed E-state index contributed by atoms with van der Waals surface area (Å²) in [7, 11) is 0. The average Bonchev–Trinajstić information content (AvgIpc) is 2.70. The largest absolute Gasteiger partial charge is 2.00 e. The summed E-state index contributed by atoms with van der Waals surface area (Å²) in [5, 5.41) is 16.9. The second-order valence-electron chi connectivity index (χ2n) is 2.69. The average molecular weight is 424 g/mol. The van der Waals surface area contributed by atoms with E-state index in [1.165, 1.54) is 6.08 Å². The molecule has 0 amide bonds. The smallest absolute Gasteiger partial charge is 0.410 e. The van der Waals surface area contributed by atoms with Gasteiger partial charge in [0.2, 0.25) is 0 Å². The van der Waals surface area contributed by atoms with E-state index in [-0.39, 0.29) is 43.8 Å². The molecule has 2 atom stereocenters. The first kappa shape index (κ1) is 17.1. The number of hydrogen-bond acceptors (Lipinski definition) is 3. The first-order chi connectivity index (χ1) is 6.26. The van der Waals surface area contributed by atoms with Gasteiger partial charge in [0.1, 0.15) is 0 Å². The van der Waals surface area contributed by atoms with Crippen LogP contribution in [0.2, 0.25) is 0 Å². The Hall–Kier alpha value is 0.672. The van der Waals surface area contributed by atoms with E-state index in [2.05, 4.69) is 13.5 Å². The standard InChI is InChI=1S/C7H12O2.C3H6O.U/c1-2-6(8)7-4-3-5-9-7;1-2-3-4;/h4,6-8H,1-3,5H2;2,4H,1,3H2;/q-2;;+2. The summed E-state index contributed by atoms with van der Waals surface area (Å²) in [6.07, 6.45) is 4.47. The fourth-order valence-electron chi connectivity index (χ4n) is 0.937. The van der Waals surface area contributed by atoms with Crippen molar-refractivity contribution in [2.75, 3.05) is 13.2 Å². The van der Waals surface area contributed by atoms with Crippen LogP contribution in [0.1, 0.15) is 12.8 Å². The molecule has 1 aliphatic heterocycles. The topological polar surface area (TPSA) is 49.7 Å². The van der Waals surface area contributed by atoms with Crippen molar-refractivity contribution in [3.05, 3.63) is 26.0 Å². The molecule has 2 unspecified atom stereocenters. The van der Waals surface area contributed by atoms with Crippen LogP contribution in [-0.4, -0.2) is 35.6 Å². The Kier molecular flexibility index (Phi) is 14.3. The van der Waals surface area contributed by atoms with Gasteiger partial charge in [0.05, 0.1) is 6.61 Å². The van der Waals surface area contributed by atoms with Gasteiger partial charge in [0.15, 0.2) is 0 Å². The maximum atomic E-state index is 9.14. The molecular weight excluding hydrogens is 406 g/mol. The molecule has 80 valence electrons. The molecule has 1 aliphatic rings. The van der Waals surface area contributed by atoms with Crippen molar-refractivity contribution < 1.29 is 46.1 Å². The van der Waals surface area contributed by atoms with Gasteiger partial charge in [-0.15, -0.1) is 6.58 Å². The molecule has 0 aromatic carbocycles. The van der Waals surface area contributed by atoms with Gasteiger partial charge in [0, 0.05) is 12.7 Å². The predicted octanol–water partition coefficient (Wildman–Crippen LogP) is 0.729. The van der Waals surface area contributed by atoms with Crippen LogP contribution in [0.25, 0.3) is 0 Å². The number of rotatable bonds is 3. The van der Waals surface area contributed by atoms with E-state index in [4.69, 9.17) is 14.9 Å². The quantitative estimate of drug-likeness (QED) is 0.519. The van der Waals surface area contributed by atoms with Gasteiger partial charge in [-0.25, -0.2) is 0 Å². The van der Waals surface area contributed by atoms with Crippen LogP contribution < -0.4 is 0 Å². The van der Waals surface area contributed by atoms with E-state index in [1.807, 2.05) is 6.42 Å². The van der Waals surface area contributed by atoms with Crippen molar-refractivity contribution in [1.82, 2.24) is 0 Å². The molecule has 0 saturated carbocycles. The van der Waals surface area contributed by atoms with Crippen LogP contribution in [0.5, 0.6) is 0 Å². The van der Waals surface area contributed by atoms with Crippen molar-refractivity contribution in [3.8, 4) is 0 Å².